The van der Waals surface area contributed by atoms with E-state index in [-0.39, 0.29) is 36.0 Å². The highest BCUT2D eigenvalue weighted by Crippen LogP contribution is 2.41. The van der Waals surface area contributed by atoms with E-state index >= 15 is 0 Å². The summed E-state index contributed by atoms with van der Waals surface area (Å²) in [5.41, 5.74) is 1.38. The van der Waals surface area contributed by atoms with Gasteiger partial charge in [-0.1, -0.05) is 18.2 Å². The molecular weight excluding hydrogens is 359 g/mol. The number of amides is 2. The first-order valence-electron chi connectivity index (χ1n) is 9.64. The predicted molar refractivity (Wildman–Crippen MR) is 102 cm³/mol. The molecule has 146 valence electrons. The molecule has 0 radical (unpaired) electrons. The number of ether oxygens (including phenoxy) is 1. The summed E-state index contributed by atoms with van der Waals surface area (Å²) in [5.74, 6) is 0.215. The molecule has 2 heterocycles. The molecule has 2 aliphatic rings. The van der Waals surface area contributed by atoms with Crippen LogP contribution in [0.25, 0.3) is 0 Å². The fraction of sp³-hybridized carbons (Fsp3) is 0.364. The van der Waals surface area contributed by atoms with Gasteiger partial charge in [0, 0.05) is 43.1 Å². The van der Waals surface area contributed by atoms with Crippen LogP contribution in [0.5, 0.6) is 5.75 Å². The molecule has 2 atom stereocenters. The van der Waals surface area contributed by atoms with E-state index in [2.05, 4.69) is 0 Å². The van der Waals surface area contributed by atoms with Crippen LogP contribution in [0.4, 0.5) is 4.39 Å². The second kappa shape index (κ2) is 7.62. The maximum atomic E-state index is 13.3. The highest BCUT2D eigenvalue weighted by molar-refractivity contribution is 5.95. The number of nitrogens with zero attached hydrogens (tertiary/aromatic N) is 2. The minimum atomic E-state index is -0.382. The molecular formula is C22H23FN2O3. The molecule has 28 heavy (non-hydrogen) atoms. The first-order chi connectivity index (χ1) is 13.6. The summed E-state index contributed by atoms with van der Waals surface area (Å²) < 4.78 is 19.3. The Bertz CT molecular complexity index is 884. The van der Waals surface area contributed by atoms with E-state index in [4.69, 9.17) is 4.74 Å². The third kappa shape index (κ3) is 3.35. The zero-order chi connectivity index (χ0) is 19.7. The lowest BCUT2D eigenvalue weighted by Crippen LogP contribution is -2.51. The molecule has 0 N–H and O–H groups in total. The second-order valence-electron chi connectivity index (χ2n) is 7.24. The Hall–Kier alpha value is -2.89. The molecule has 2 aromatic carbocycles. The molecule has 0 aliphatic carbocycles. The van der Waals surface area contributed by atoms with Crippen LogP contribution in [-0.4, -0.2) is 47.9 Å². The third-order valence-electron chi connectivity index (χ3n) is 5.58. The Balaban J connectivity index is 1.75. The summed E-state index contributed by atoms with van der Waals surface area (Å²) in [5, 5.41) is 0. The summed E-state index contributed by atoms with van der Waals surface area (Å²) in [6.45, 7) is 3.91. The first kappa shape index (κ1) is 18.5. The number of benzene rings is 2. The Morgan fingerprint density at radius 2 is 1.93 bits per heavy atom. The fourth-order valence-corrected chi connectivity index (χ4v) is 4.16. The van der Waals surface area contributed by atoms with Gasteiger partial charge in [-0.15, -0.1) is 0 Å². The summed E-state index contributed by atoms with van der Waals surface area (Å²) in [6.07, 6.45) is 0.271. The van der Waals surface area contributed by atoms with Crippen LogP contribution in [0.15, 0.2) is 48.5 Å². The van der Waals surface area contributed by atoms with Gasteiger partial charge in [-0.25, -0.2) is 4.39 Å². The second-order valence-corrected chi connectivity index (χ2v) is 7.24. The van der Waals surface area contributed by atoms with Gasteiger partial charge in [-0.3, -0.25) is 9.59 Å². The first-order valence-corrected chi connectivity index (χ1v) is 9.64. The minimum absolute atomic E-state index is 0.0245. The average molecular weight is 382 g/mol. The molecule has 0 saturated carbocycles. The fourth-order valence-electron chi connectivity index (χ4n) is 4.16. The van der Waals surface area contributed by atoms with Gasteiger partial charge in [0.2, 0.25) is 5.91 Å². The van der Waals surface area contributed by atoms with Gasteiger partial charge in [0.25, 0.3) is 5.91 Å². The zero-order valence-corrected chi connectivity index (χ0v) is 15.8. The van der Waals surface area contributed by atoms with Crippen molar-refractivity contribution in [3.63, 3.8) is 0 Å². The van der Waals surface area contributed by atoms with Gasteiger partial charge < -0.3 is 14.5 Å². The van der Waals surface area contributed by atoms with E-state index in [9.17, 15) is 14.0 Å². The van der Waals surface area contributed by atoms with Gasteiger partial charge in [-0.2, -0.15) is 0 Å². The van der Waals surface area contributed by atoms with Crippen molar-refractivity contribution in [1.29, 1.82) is 0 Å². The van der Waals surface area contributed by atoms with Crippen molar-refractivity contribution >= 4 is 11.8 Å². The van der Waals surface area contributed by atoms with E-state index in [1.165, 1.54) is 24.3 Å². The standard InChI is InChI=1S/C22H23FN2O3/c1-2-24-13-16-14-28-19-6-4-3-5-18(19)21(16)25(12-11-20(24)26)22(27)15-7-9-17(23)10-8-15/h3-10,16,21H,2,11-14H2,1H3/t16-,21-/m0/s1. The molecule has 0 unspecified atom stereocenters. The predicted octanol–water partition coefficient (Wildman–Crippen LogP) is 3.27. The number of halogens is 1. The van der Waals surface area contributed by atoms with Gasteiger partial charge in [0.1, 0.15) is 11.6 Å². The number of carbonyl (C=O) groups excluding carboxylic acids is 2. The number of carbonyl (C=O) groups is 2. The highest BCUT2D eigenvalue weighted by Gasteiger charge is 2.40. The van der Waals surface area contributed by atoms with E-state index in [0.717, 1.165) is 11.3 Å². The quantitative estimate of drug-likeness (QED) is 0.801. The van der Waals surface area contributed by atoms with Gasteiger partial charge in [0.05, 0.1) is 12.6 Å². The van der Waals surface area contributed by atoms with Crippen molar-refractivity contribution in [2.24, 2.45) is 5.92 Å². The number of fused-ring (bicyclic) bond motifs is 3. The van der Waals surface area contributed by atoms with Crippen LogP contribution in [0.1, 0.15) is 35.3 Å². The van der Waals surface area contributed by atoms with Crippen LogP contribution in [0.3, 0.4) is 0 Å². The number of hydrogen-bond acceptors (Lipinski definition) is 3. The van der Waals surface area contributed by atoms with Gasteiger partial charge in [-0.05, 0) is 37.3 Å². The molecule has 1 saturated heterocycles. The number of rotatable bonds is 2. The molecule has 0 spiro atoms. The SMILES string of the molecule is CCN1C[C@H]2COc3ccccc3[C@H]2N(C(=O)c2ccc(F)cc2)CCC1=O. The van der Waals surface area contributed by atoms with E-state index < -0.39 is 0 Å². The monoisotopic (exact) mass is 382 g/mol. The maximum absolute atomic E-state index is 13.3. The topological polar surface area (TPSA) is 49.9 Å². The summed E-state index contributed by atoms with van der Waals surface area (Å²) in [6, 6.07) is 13.1. The van der Waals surface area contributed by atoms with Crippen molar-refractivity contribution in [2.75, 3.05) is 26.2 Å². The van der Waals surface area contributed by atoms with E-state index in [1.54, 1.807) is 4.90 Å². The lowest BCUT2D eigenvalue weighted by molar-refractivity contribution is -0.134. The van der Waals surface area contributed by atoms with Gasteiger partial charge in [0.15, 0.2) is 0 Å². The Morgan fingerprint density at radius 3 is 2.68 bits per heavy atom. The maximum Gasteiger partial charge on any atom is 0.254 e. The molecule has 0 bridgehead atoms. The molecule has 4 rings (SSSR count). The zero-order valence-electron chi connectivity index (χ0n) is 15.8. The normalized spacial score (nSPS) is 21.9. The molecule has 0 aromatic heterocycles. The Labute approximate surface area is 163 Å². The number of hydrogen-bond donors (Lipinski definition) is 0. The lowest BCUT2D eigenvalue weighted by atomic mass is 9.87. The van der Waals surface area contributed by atoms with Gasteiger partial charge >= 0.3 is 0 Å². The molecule has 2 amide bonds. The molecule has 6 heteroatoms. The Kier molecular flexibility index (Phi) is 5.03. The molecule has 2 aromatic rings. The van der Waals surface area contributed by atoms with E-state index in [1.807, 2.05) is 36.1 Å². The van der Waals surface area contributed by atoms with Crippen LogP contribution in [-0.2, 0) is 4.79 Å². The lowest BCUT2D eigenvalue weighted by Gasteiger charge is -2.44. The summed E-state index contributed by atoms with van der Waals surface area (Å²) in [4.78, 5) is 29.5. The average Bonchev–Trinajstić information content (AvgIpc) is 2.71. The third-order valence-corrected chi connectivity index (χ3v) is 5.58. The highest BCUT2D eigenvalue weighted by atomic mass is 19.1. The molecule has 2 aliphatic heterocycles. The van der Waals surface area contributed by atoms with Crippen LogP contribution in [0, 0.1) is 11.7 Å². The van der Waals surface area contributed by atoms with Crippen LogP contribution < -0.4 is 4.74 Å². The summed E-state index contributed by atoms with van der Waals surface area (Å²) in [7, 11) is 0. The van der Waals surface area contributed by atoms with Crippen molar-refractivity contribution in [2.45, 2.75) is 19.4 Å². The van der Waals surface area contributed by atoms with Crippen molar-refractivity contribution in [1.82, 2.24) is 9.80 Å². The van der Waals surface area contributed by atoms with Crippen LogP contribution >= 0.6 is 0 Å². The summed E-state index contributed by atoms with van der Waals surface area (Å²) >= 11 is 0. The molecule has 5 nitrogen and oxygen atoms in total. The minimum Gasteiger partial charge on any atom is -0.493 e. The molecule has 1 fully saturated rings. The van der Waals surface area contributed by atoms with E-state index in [0.29, 0.717) is 31.8 Å². The van der Waals surface area contributed by atoms with Crippen LogP contribution in [0.2, 0.25) is 0 Å². The Morgan fingerprint density at radius 1 is 1.18 bits per heavy atom. The largest absolute Gasteiger partial charge is 0.493 e. The smallest absolute Gasteiger partial charge is 0.254 e. The van der Waals surface area contributed by atoms with Crippen molar-refractivity contribution in [3.8, 4) is 5.75 Å². The van der Waals surface area contributed by atoms with Crippen molar-refractivity contribution in [3.05, 3.63) is 65.5 Å². The number of para-hydroxylation sites is 1. The van der Waals surface area contributed by atoms with Crippen molar-refractivity contribution < 1.29 is 18.7 Å².